The Kier molecular flexibility index (Phi) is 11.1. The lowest BCUT2D eigenvalue weighted by Crippen LogP contribution is -2.50. The van der Waals surface area contributed by atoms with Gasteiger partial charge in [-0.25, -0.2) is 0 Å². The third-order valence-electron chi connectivity index (χ3n) is 19.5. The summed E-state index contributed by atoms with van der Waals surface area (Å²) in [5.74, 6) is 8.78. The summed E-state index contributed by atoms with van der Waals surface area (Å²) >= 11 is 2.48. The molecule has 0 spiro atoms. The molecule has 7 saturated carbocycles. The number of hydrogen-bond donors (Lipinski definition) is 1. The number of carbonyl (C=O) groups excluding carboxylic acids is 1. The van der Waals surface area contributed by atoms with Crippen LogP contribution in [0, 0.1) is 76.9 Å². The molecule has 3 nitrogen and oxygen atoms in total. The molecule has 7 heteroatoms. The molecule has 1 N–H and O–H groups in total. The van der Waals surface area contributed by atoms with Crippen LogP contribution < -0.4 is 5.32 Å². The number of Topliss-reactive ketones (excluding diaryl/α,β-unsaturated/α-hetero) is 1. The number of ketones is 1. The molecule has 3 saturated heterocycles. The molecular weight excluding hydrogens is 698 g/mol. The fraction of sp³-hybridized carbons (Fsp3) is 0.979. The molecule has 0 radical (unpaired) electrons. The van der Waals surface area contributed by atoms with Crippen LogP contribution in [0.4, 0.5) is 13.2 Å². The Labute approximate surface area is 330 Å². The fourth-order valence-electron chi connectivity index (χ4n) is 17.1. The van der Waals surface area contributed by atoms with Crippen LogP contribution in [-0.2, 0) is 4.79 Å². The van der Waals surface area contributed by atoms with Crippen molar-refractivity contribution in [1.29, 1.82) is 0 Å². The van der Waals surface area contributed by atoms with E-state index in [1.54, 1.807) is 6.42 Å². The van der Waals surface area contributed by atoms with E-state index in [1.807, 2.05) is 0 Å². The summed E-state index contributed by atoms with van der Waals surface area (Å²) in [6.45, 7) is 2.62. The monoisotopic (exact) mass is 771 g/mol. The minimum Gasteiger partial charge on any atom is -0.316 e. The normalized spacial score (nSPS) is 51.3. The van der Waals surface area contributed by atoms with Crippen molar-refractivity contribution >= 4 is 17.5 Å². The summed E-state index contributed by atoms with van der Waals surface area (Å²) in [5.41, 5.74) is 0. The molecule has 10 aliphatic rings. The quantitative estimate of drug-likeness (QED) is 0.302. The van der Waals surface area contributed by atoms with E-state index in [0.717, 1.165) is 101 Å². The molecule has 12 unspecified atom stereocenters. The molecule has 0 aromatic carbocycles. The summed E-state index contributed by atoms with van der Waals surface area (Å²) < 4.78 is 39.3. The third kappa shape index (κ3) is 7.12. The Morgan fingerprint density at radius 3 is 1.85 bits per heavy atom. The molecule has 3 heterocycles. The van der Waals surface area contributed by atoms with Gasteiger partial charge in [0.15, 0.2) is 0 Å². The SMILES string of the molecule is O=C(C1CCC(C2CCC(N3C4CCCCC4C4CC5C(CC43)SC3CCC(C4CCC(C6CNCC7CCCCC76)CC4)CC35)CC2)CC1)C(F)(F)F. The maximum Gasteiger partial charge on any atom is 0.450 e. The lowest BCUT2D eigenvalue weighted by molar-refractivity contribution is -0.177. The van der Waals surface area contributed by atoms with E-state index >= 15 is 0 Å². The van der Waals surface area contributed by atoms with Crippen molar-refractivity contribution in [1.82, 2.24) is 10.2 Å². The molecule has 0 aromatic rings. The van der Waals surface area contributed by atoms with Gasteiger partial charge in [0.25, 0.3) is 0 Å². The minimum absolute atomic E-state index is 0.450. The maximum absolute atomic E-state index is 13.1. The first-order valence-electron chi connectivity index (χ1n) is 24.0. The van der Waals surface area contributed by atoms with Crippen molar-refractivity contribution in [2.75, 3.05) is 13.1 Å². The van der Waals surface area contributed by atoms with E-state index < -0.39 is 17.9 Å². The van der Waals surface area contributed by atoms with Crippen molar-refractivity contribution in [3.8, 4) is 0 Å². The van der Waals surface area contributed by atoms with Gasteiger partial charge in [0.05, 0.1) is 0 Å². The zero-order valence-corrected chi connectivity index (χ0v) is 34.2. The van der Waals surface area contributed by atoms with Crippen LogP contribution in [0.3, 0.4) is 0 Å². The van der Waals surface area contributed by atoms with Gasteiger partial charge in [0, 0.05) is 34.5 Å². The Morgan fingerprint density at radius 2 is 1.09 bits per heavy atom. The summed E-state index contributed by atoms with van der Waals surface area (Å²) in [4.78, 5) is 15.1. The zero-order valence-electron chi connectivity index (χ0n) is 33.4. The van der Waals surface area contributed by atoms with Gasteiger partial charge in [-0.3, -0.25) is 9.69 Å². The highest BCUT2D eigenvalue weighted by atomic mass is 32.2. The highest BCUT2D eigenvalue weighted by Crippen LogP contribution is 2.63. The van der Waals surface area contributed by atoms with Crippen molar-refractivity contribution in [2.24, 2.45) is 76.9 Å². The van der Waals surface area contributed by atoms with Crippen LogP contribution >= 0.6 is 11.8 Å². The Morgan fingerprint density at radius 1 is 0.481 bits per heavy atom. The zero-order chi connectivity index (χ0) is 36.6. The number of fused-ring (bicyclic) bond motifs is 7. The van der Waals surface area contributed by atoms with E-state index in [9.17, 15) is 18.0 Å². The highest BCUT2D eigenvalue weighted by Gasteiger charge is 2.59. The number of rotatable bonds is 5. The molecule has 304 valence electrons. The van der Waals surface area contributed by atoms with Gasteiger partial charge in [0.1, 0.15) is 0 Å². The second kappa shape index (κ2) is 15.7. The van der Waals surface area contributed by atoms with Gasteiger partial charge in [0.2, 0.25) is 5.78 Å². The number of thioether (sulfide) groups is 1. The van der Waals surface area contributed by atoms with Gasteiger partial charge < -0.3 is 5.32 Å². The van der Waals surface area contributed by atoms with E-state index in [0.29, 0.717) is 24.7 Å². The minimum atomic E-state index is -4.67. The molecule has 54 heavy (non-hydrogen) atoms. The number of nitrogens with zero attached hydrogens (tertiary/aromatic N) is 1. The van der Waals surface area contributed by atoms with E-state index in [1.165, 1.54) is 142 Å². The average Bonchev–Trinajstić information content (AvgIpc) is 3.73. The molecule has 10 fully saturated rings. The van der Waals surface area contributed by atoms with Crippen molar-refractivity contribution < 1.29 is 18.0 Å². The largest absolute Gasteiger partial charge is 0.450 e. The molecular formula is C47H73F3N2OS. The predicted octanol–water partition coefficient (Wildman–Crippen LogP) is 11.5. The van der Waals surface area contributed by atoms with Crippen molar-refractivity contribution in [2.45, 2.75) is 195 Å². The summed E-state index contributed by atoms with van der Waals surface area (Å²) in [5, 5.41) is 5.73. The lowest BCUT2D eigenvalue weighted by Gasteiger charge is -2.48. The average molecular weight is 771 g/mol. The van der Waals surface area contributed by atoms with Crippen LogP contribution in [0.15, 0.2) is 0 Å². The Bertz CT molecular complexity index is 1300. The number of likely N-dealkylation sites (tertiary alicyclic amines) is 1. The van der Waals surface area contributed by atoms with Gasteiger partial charge in [-0.05, 0) is 219 Å². The summed E-state index contributed by atoms with van der Waals surface area (Å²) in [6.07, 6.45) is 28.4. The molecule has 3 aliphatic heterocycles. The lowest BCUT2D eigenvalue weighted by atomic mass is 9.59. The number of nitrogens with one attached hydrogen (secondary N) is 1. The molecule has 0 amide bonds. The van der Waals surface area contributed by atoms with Crippen molar-refractivity contribution in [3.05, 3.63) is 0 Å². The van der Waals surface area contributed by atoms with Crippen LogP contribution in [0.1, 0.15) is 161 Å². The fourth-order valence-corrected chi connectivity index (χ4v) is 19.1. The third-order valence-corrected chi connectivity index (χ3v) is 21.3. The number of carbonyl (C=O) groups is 1. The van der Waals surface area contributed by atoms with Gasteiger partial charge >= 0.3 is 6.18 Å². The van der Waals surface area contributed by atoms with Gasteiger partial charge in [-0.15, -0.1) is 0 Å². The first-order chi connectivity index (χ1) is 26.3. The van der Waals surface area contributed by atoms with Crippen LogP contribution in [0.25, 0.3) is 0 Å². The number of halogens is 3. The predicted molar refractivity (Wildman–Crippen MR) is 213 cm³/mol. The number of piperidine rings is 1. The molecule has 0 bridgehead atoms. The molecule has 10 rings (SSSR count). The number of hydrogen-bond acceptors (Lipinski definition) is 4. The van der Waals surface area contributed by atoms with E-state index in [2.05, 4.69) is 22.0 Å². The van der Waals surface area contributed by atoms with Gasteiger partial charge in [-0.2, -0.15) is 24.9 Å². The molecule has 7 aliphatic carbocycles. The first-order valence-corrected chi connectivity index (χ1v) is 25.0. The summed E-state index contributed by atoms with van der Waals surface area (Å²) in [6, 6.07) is 2.35. The van der Waals surface area contributed by atoms with Gasteiger partial charge in [-0.1, -0.05) is 25.7 Å². The van der Waals surface area contributed by atoms with Crippen molar-refractivity contribution in [3.63, 3.8) is 0 Å². The Hall–Kier alpha value is -0.270. The van der Waals surface area contributed by atoms with E-state index in [4.69, 9.17) is 0 Å². The highest BCUT2D eigenvalue weighted by molar-refractivity contribution is 8.00. The number of alkyl halides is 3. The topological polar surface area (TPSA) is 32.3 Å². The second-order valence-electron chi connectivity index (χ2n) is 21.5. The summed E-state index contributed by atoms with van der Waals surface area (Å²) in [7, 11) is 0. The molecule has 0 aromatic heterocycles. The standard InChI is InChI=1S/C47H73F3N2OS/c48-47(49,50)46(53)32-15-11-28(12-16-32)29-17-20-35(21-18-29)52-42-8-4-3-7-37(42)38-24-40-39-23-33(19-22-44(39)54-45(40)25-43(38)52)30-9-13-31(14-10-30)41-27-51-26-34-5-1-2-6-36(34)41/h28-45,51H,1-27H2. The Balaban J connectivity index is 0.748. The maximum atomic E-state index is 13.1. The van der Waals surface area contributed by atoms with Crippen LogP contribution in [0.5, 0.6) is 0 Å². The van der Waals surface area contributed by atoms with Crippen LogP contribution in [0.2, 0.25) is 0 Å². The smallest absolute Gasteiger partial charge is 0.316 e. The van der Waals surface area contributed by atoms with Crippen LogP contribution in [-0.4, -0.2) is 58.6 Å². The molecule has 12 atom stereocenters. The second-order valence-corrected chi connectivity index (χ2v) is 23.0. The first kappa shape index (κ1) is 38.0. The van der Waals surface area contributed by atoms with E-state index in [-0.39, 0.29) is 0 Å².